The number of ether oxygens (including phenoxy) is 2. The first-order valence-electron chi connectivity index (χ1n) is 8.04. The number of nitrogens with one attached hydrogen (secondary N) is 1. The monoisotopic (exact) mass is 333 g/mol. The topological polar surface area (TPSA) is 65.4 Å². The van der Waals surface area contributed by atoms with Crippen LogP contribution in [-0.4, -0.2) is 35.0 Å². The molecule has 3 rings (SSSR count). The first-order chi connectivity index (χ1) is 11.7. The number of amides is 1. The van der Waals surface area contributed by atoms with E-state index in [4.69, 9.17) is 9.47 Å². The van der Waals surface area contributed by atoms with Crippen LogP contribution in [0.5, 0.6) is 5.75 Å². The minimum absolute atomic E-state index is 0.0377. The summed E-state index contributed by atoms with van der Waals surface area (Å²) in [5.74, 6) is -1.03. The van der Waals surface area contributed by atoms with Crippen molar-refractivity contribution in [3.8, 4) is 5.75 Å². The molecule has 1 atom stereocenters. The van der Waals surface area contributed by atoms with E-state index in [1.54, 1.807) is 24.0 Å². The van der Waals surface area contributed by atoms with Gasteiger partial charge in [-0.25, -0.2) is 4.39 Å². The fourth-order valence-electron chi connectivity index (χ4n) is 2.70. The molecule has 1 N–H and O–H groups in total. The maximum atomic E-state index is 13.8. The van der Waals surface area contributed by atoms with E-state index in [0.29, 0.717) is 12.2 Å². The van der Waals surface area contributed by atoms with Gasteiger partial charge in [-0.1, -0.05) is 6.07 Å². The highest BCUT2D eigenvalue weighted by atomic mass is 19.1. The number of para-hydroxylation sites is 1. The molecule has 2 heterocycles. The molecule has 0 aliphatic carbocycles. The zero-order valence-corrected chi connectivity index (χ0v) is 13.5. The van der Waals surface area contributed by atoms with Gasteiger partial charge in [-0.3, -0.25) is 9.48 Å². The fraction of sp³-hybridized carbons (Fsp3) is 0.412. The zero-order valence-electron chi connectivity index (χ0n) is 13.5. The molecule has 1 saturated heterocycles. The van der Waals surface area contributed by atoms with Crippen LogP contribution in [0, 0.1) is 5.82 Å². The minimum atomic E-state index is -0.557. The molecule has 2 aromatic rings. The Labute approximate surface area is 139 Å². The number of aromatic nitrogens is 2. The molecule has 6 nitrogen and oxygen atoms in total. The average molecular weight is 333 g/mol. The van der Waals surface area contributed by atoms with E-state index in [1.807, 2.05) is 0 Å². The number of rotatable bonds is 6. The second-order valence-corrected chi connectivity index (χ2v) is 5.59. The molecule has 24 heavy (non-hydrogen) atoms. The average Bonchev–Trinajstić information content (AvgIpc) is 3.22. The Morgan fingerprint density at radius 2 is 2.42 bits per heavy atom. The lowest BCUT2D eigenvalue weighted by molar-refractivity contribution is 0.0940. The van der Waals surface area contributed by atoms with Gasteiger partial charge in [0.15, 0.2) is 11.6 Å². The first kappa shape index (κ1) is 16.4. The molecule has 1 aromatic heterocycles. The van der Waals surface area contributed by atoms with Crippen molar-refractivity contribution in [3.63, 3.8) is 0 Å². The van der Waals surface area contributed by atoms with Gasteiger partial charge in [-0.15, -0.1) is 0 Å². The number of hydrogen-bond donors (Lipinski definition) is 1. The van der Waals surface area contributed by atoms with Gasteiger partial charge >= 0.3 is 0 Å². The molecule has 128 valence electrons. The van der Waals surface area contributed by atoms with E-state index in [-0.39, 0.29) is 24.0 Å². The largest absolute Gasteiger partial charge is 0.490 e. The van der Waals surface area contributed by atoms with Gasteiger partial charge in [0.05, 0.1) is 36.7 Å². The predicted molar refractivity (Wildman–Crippen MR) is 86.7 cm³/mol. The summed E-state index contributed by atoms with van der Waals surface area (Å²) in [5, 5.41) is 6.94. The fourth-order valence-corrected chi connectivity index (χ4v) is 2.70. The Morgan fingerprint density at radius 3 is 3.17 bits per heavy atom. The summed E-state index contributed by atoms with van der Waals surface area (Å²) in [4.78, 5) is 12.4. The van der Waals surface area contributed by atoms with Gasteiger partial charge in [-0.05, 0) is 31.9 Å². The molecule has 0 saturated carbocycles. The van der Waals surface area contributed by atoms with E-state index in [1.165, 1.54) is 18.2 Å². The molecule has 0 bridgehead atoms. The molecule has 1 amide bonds. The van der Waals surface area contributed by atoms with Gasteiger partial charge < -0.3 is 14.8 Å². The number of benzene rings is 1. The van der Waals surface area contributed by atoms with Crippen molar-refractivity contribution < 1.29 is 18.7 Å². The van der Waals surface area contributed by atoms with E-state index < -0.39 is 11.7 Å². The smallest absolute Gasteiger partial charge is 0.259 e. The molecule has 1 unspecified atom stereocenters. The quantitative estimate of drug-likeness (QED) is 0.883. The third kappa shape index (κ3) is 3.73. The highest BCUT2D eigenvalue weighted by Gasteiger charge is 2.19. The summed E-state index contributed by atoms with van der Waals surface area (Å²) >= 11 is 0. The molecule has 1 aliphatic heterocycles. The second-order valence-electron chi connectivity index (χ2n) is 5.59. The molecule has 1 aromatic carbocycles. The summed E-state index contributed by atoms with van der Waals surface area (Å²) in [6, 6.07) is 4.27. The Bertz CT molecular complexity index is 711. The molecule has 0 radical (unpaired) electrons. The summed E-state index contributed by atoms with van der Waals surface area (Å²) in [6.07, 6.45) is 5.55. The van der Waals surface area contributed by atoms with Crippen LogP contribution in [0.1, 0.15) is 30.1 Å². The number of anilines is 1. The van der Waals surface area contributed by atoms with Crippen LogP contribution >= 0.6 is 0 Å². The SMILES string of the molecule is CCOc1c(F)cccc1C(=O)Nc1cnn(CC2CCCO2)c1. The normalized spacial score (nSPS) is 17.0. The number of carbonyl (C=O) groups excluding carboxylic acids is 1. The van der Waals surface area contributed by atoms with Crippen LogP contribution in [0.25, 0.3) is 0 Å². The molecular weight excluding hydrogens is 313 g/mol. The zero-order chi connectivity index (χ0) is 16.9. The van der Waals surface area contributed by atoms with Gasteiger partial charge in [-0.2, -0.15) is 5.10 Å². The number of nitrogens with zero attached hydrogens (tertiary/aromatic N) is 2. The van der Waals surface area contributed by atoms with Crippen molar-refractivity contribution in [2.75, 3.05) is 18.5 Å². The Kier molecular flexibility index (Phi) is 5.10. The van der Waals surface area contributed by atoms with Crippen molar-refractivity contribution in [2.45, 2.75) is 32.4 Å². The van der Waals surface area contributed by atoms with Crippen LogP contribution in [0.4, 0.5) is 10.1 Å². The highest BCUT2D eigenvalue weighted by Crippen LogP contribution is 2.24. The lowest BCUT2D eigenvalue weighted by Gasteiger charge is -2.10. The summed E-state index contributed by atoms with van der Waals surface area (Å²) < 4.78 is 26.4. The summed E-state index contributed by atoms with van der Waals surface area (Å²) in [5.41, 5.74) is 0.702. The number of hydrogen-bond acceptors (Lipinski definition) is 4. The van der Waals surface area contributed by atoms with Crippen molar-refractivity contribution in [2.24, 2.45) is 0 Å². The summed E-state index contributed by atoms with van der Waals surface area (Å²) in [6.45, 7) is 3.46. The van der Waals surface area contributed by atoms with Gasteiger partial charge in [0, 0.05) is 12.8 Å². The Hall–Kier alpha value is -2.41. The third-order valence-electron chi connectivity index (χ3n) is 3.81. The van der Waals surface area contributed by atoms with E-state index in [0.717, 1.165) is 19.4 Å². The van der Waals surface area contributed by atoms with Crippen LogP contribution in [0.2, 0.25) is 0 Å². The van der Waals surface area contributed by atoms with E-state index in [2.05, 4.69) is 10.4 Å². The van der Waals surface area contributed by atoms with Gasteiger partial charge in [0.25, 0.3) is 5.91 Å². The van der Waals surface area contributed by atoms with Crippen molar-refractivity contribution >= 4 is 11.6 Å². The molecule has 0 spiro atoms. The van der Waals surface area contributed by atoms with E-state index >= 15 is 0 Å². The van der Waals surface area contributed by atoms with Gasteiger partial charge in [0.2, 0.25) is 0 Å². The number of halogens is 1. The van der Waals surface area contributed by atoms with E-state index in [9.17, 15) is 9.18 Å². The second kappa shape index (κ2) is 7.44. The Balaban J connectivity index is 1.69. The summed E-state index contributed by atoms with van der Waals surface area (Å²) in [7, 11) is 0. The molecule has 7 heteroatoms. The lowest BCUT2D eigenvalue weighted by atomic mass is 10.1. The molecule has 1 aliphatic rings. The van der Waals surface area contributed by atoms with Crippen LogP contribution < -0.4 is 10.1 Å². The standard InChI is InChI=1S/C17H20FN3O3/c1-2-23-16-14(6-3-7-15(16)18)17(22)20-12-9-19-21(10-12)11-13-5-4-8-24-13/h3,6-7,9-10,13H,2,4-5,8,11H2,1H3,(H,20,22). The molecular formula is C17H20FN3O3. The minimum Gasteiger partial charge on any atom is -0.490 e. The van der Waals surface area contributed by atoms with Crippen LogP contribution in [-0.2, 0) is 11.3 Å². The first-order valence-corrected chi connectivity index (χ1v) is 8.04. The van der Waals surface area contributed by atoms with Crippen molar-refractivity contribution in [1.29, 1.82) is 0 Å². The van der Waals surface area contributed by atoms with Crippen molar-refractivity contribution in [3.05, 3.63) is 42.0 Å². The maximum absolute atomic E-state index is 13.8. The number of carbonyl (C=O) groups is 1. The maximum Gasteiger partial charge on any atom is 0.259 e. The van der Waals surface area contributed by atoms with Crippen molar-refractivity contribution in [1.82, 2.24) is 9.78 Å². The van der Waals surface area contributed by atoms with Gasteiger partial charge in [0.1, 0.15) is 0 Å². The van der Waals surface area contributed by atoms with Crippen LogP contribution in [0.3, 0.4) is 0 Å². The predicted octanol–water partition coefficient (Wildman–Crippen LogP) is 2.85. The Morgan fingerprint density at radius 1 is 1.54 bits per heavy atom. The van der Waals surface area contributed by atoms with Crippen LogP contribution in [0.15, 0.2) is 30.6 Å². The third-order valence-corrected chi connectivity index (χ3v) is 3.81. The lowest BCUT2D eigenvalue weighted by Crippen LogP contribution is -2.15. The molecule has 1 fully saturated rings. The highest BCUT2D eigenvalue weighted by molar-refractivity contribution is 6.06.